The fourth-order valence-electron chi connectivity index (χ4n) is 1.94. The van der Waals surface area contributed by atoms with E-state index in [4.69, 9.17) is 16.3 Å². The minimum Gasteiger partial charge on any atom is -0.440 e. The fraction of sp³-hybridized carbons (Fsp3) is 0.455. The molecule has 1 atom stereocenters. The molecular formula is C11H13ClN4O4. The van der Waals surface area contributed by atoms with Gasteiger partial charge in [-0.2, -0.15) is 0 Å². The molecule has 0 N–H and O–H groups in total. The van der Waals surface area contributed by atoms with Crippen LogP contribution in [0, 0.1) is 0 Å². The van der Waals surface area contributed by atoms with E-state index in [1.165, 1.54) is 36.5 Å². The molecular weight excluding hydrogens is 288 g/mol. The first-order valence-corrected chi connectivity index (χ1v) is 6.27. The molecule has 2 rings (SSSR count). The molecule has 1 unspecified atom stereocenters. The topological polar surface area (TPSA) is 88.1 Å². The lowest BCUT2D eigenvalue weighted by atomic mass is 10.4. The summed E-state index contributed by atoms with van der Waals surface area (Å²) in [7, 11) is 2.87. The van der Waals surface area contributed by atoms with Crippen LogP contribution in [0.1, 0.15) is 13.2 Å². The second kappa shape index (κ2) is 5.12. The van der Waals surface area contributed by atoms with Crippen molar-refractivity contribution in [2.45, 2.75) is 13.2 Å². The number of esters is 1. The van der Waals surface area contributed by atoms with Gasteiger partial charge in [0.25, 0.3) is 5.56 Å². The summed E-state index contributed by atoms with van der Waals surface area (Å²) in [6.07, 6.45) is 0.464. The van der Waals surface area contributed by atoms with E-state index in [0.29, 0.717) is 0 Å². The number of hydrogen-bond donors (Lipinski definition) is 0. The number of halogens is 1. The number of carbonyl (C=O) groups is 1. The van der Waals surface area contributed by atoms with Crippen LogP contribution in [0.3, 0.4) is 0 Å². The molecule has 2 aromatic rings. The summed E-state index contributed by atoms with van der Waals surface area (Å²) in [5.41, 5.74) is -0.646. The maximum atomic E-state index is 12.2. The van der Waals surface area contributed by atoms with Crippen LogP contribution in [0.25, 0.3) is 11.2 Å². The molecule has 0 saturated carbocycles. The zero-order valence-electron chi connectivity index (χ0n) is 11.2. The van der Waals surface area contributed by atoms with Gasteiger partial charge in [0.2, 0.25) is 0 Å². The molecule has 8 nitrogen and oxygen atoms in total. The first-order chi connectivity index (χ1) is 9.38. The lowest BCUT2D eigenvalue weighted by molar-refractivity contribution is -0.149. The van der Waals surface area contributed by atoms with Crippen molar-refractivity contribution in [2.24, 2.45) is 14.1 Å². The normalized spacial score (nSPS) is 12.6. The lowest BCUT2D eigenvalue weighted by Gasteiger charge is -2.16. The Morgan fingerprint density at radius 3 is 2.60 bits per heavy atom. The van der Waals surface area contributed by atoms with Crippen molar-refractivity contribution >= 4 is 28.7 Å². The van der Waals surface area contributed by atoms with Crippen molar-refractivity contribution in [3.63, 3.8) is 0 Å². The van der Waals surface area contributed by atoms with Gasteiger partial charge in [0, 0.05) is 21.0 Å². The smallest absolute Gasteiger partial charge is 0.332 e. The van der Waals surface area contributed by atoms with Gasteiger partial charge in [-0.05, 0) is 0 Å². The number of nitrogens with zero attached hydrogens (tertiary/aromatic N) is 4. The summed E-state index contributed by atoms with van der Waals surface area (Å²) in [5.74, 6) is -0.573. The number of rotatable bonds is 3. The van der Waals surface area contributed by atoms with Gasteiger partial charge in [0.1, 0.15) is 6.33 Å². The monoisotopic (exact) mass is 300 g/mol. The van der Waals surface area contributed by atoms with Crippen LogP contribution in [-0.4, -0.2) is 30.5 Å². The van der Waals surface area contributed by atoms with Crippen LogP contribution in [-0.2, 0) is 23.6 Å². The van der Waals surface area contributed by atoms with Crippen molar-refractivity contribution in [3.8, 4) is 0 Å². The zero-order chi connectivity index (χ0) is 15.0. The number of hydrogen-bond acceptors (Lipinski definition) is 5. The Bertz CT molecular complexity index is 788. The lowest BCUT2D eigenvalue weighted by Crippen LogP contribution is -2.38. The molecule has 108 valence electrons. The predicted octanol–water partition coefficient (Wildman–Crippen LogP) is -0.266. The summed E-state index contributed by atoms with van der Waals surface area (Å²) in [4.78, 5) is 39.1. The third-order valence-corrected chi connectivity index (χ3v) is 3.18. The molecule has 0 saturated heterocycles. The summed E-state index contributed by atoms with van der Waals surface area (Å²) in [6.45, 7) is 1.24. The van der Waals surface area contributed by atoms with Gasteiger partial charge in [-0.1, -0.05) is 0 Å². The SMILES string of the molecule is CC(=O)OC(CCl)n1cnc2c1c(=O)n(C)c(=O)n2C. The summed E-state index contributed by atoms with van der Waals surface area (Å²) >= 11 is 5.76. The summed E-state index contributed by atoms with van der Waals surface area (Å²) < 4.78 is 8.59. The van der Waals surface area contributed by atoms with E-state index in [9.17, 15) is 14.4 Å². The van der Waals surface area contributed by atoms with Crippen LogP contribution in [0.5, 0.6) is 0 Å². The number of imidazole rings is 1. The molecule has 0 fully saturated rings. The standard InChI is InChI=1S/C11H13ClN4O4/c1-6(17)20-7(4-12)16-5-13-9-8(16)10(18)15(3)11(19)14(9)2/h5,7H,4H2,1-3H3. The number of fused-ring (bicyclic) bond motifs is 1. The summed E-state index contributed by atoms with van der Waals surface area (Å²) in [5, 5.41) is 0. The number of aryl methyl sites for hydroxylation is 1. The first kappa shape index (κ1) is 14.3. The van der Waals surface area contributed by atoms with Crippen LogP contribution in [0.4, 0.5) is 0 Å². The van der Waals surface area contributed by atoms with Gasteiger partial charge in [-0.3, -0.25) is 23.3 Å². The van der Waals surface area contributed by atoms with E-state index in [1.54, 1.807) is 0 Å². The Hall–Kier alpha value is -2.09. The van der Waals surface area contributed by atoms with Crippen molar-refractivity contribution in [1.82, 2.24) is 18.7 Å². The number of carbonyl (C=O) groups excluding carboxylic acids is 1. The zero-order valence-corrected chi connectivity index (χ0v) is 11.9. The Balaban J connectivity index is 2.77. The molecule has 0 amide bonds. The molecule has 9 heteroatoms. The molecule has 0 aromatic carbocycles. The van der Waals surface area contributed by atoms with Crippen molar-refractivity contribution in [2.75, 3.05) is 5.88 Å². The van der Waals surface area contributed by atoms with Gasteiger partial charge in [0.05, 0.1) is 5.88 Å². The average Bonchev–Trinajstić information content (AvgIpc) is 2.84. The van der Waals surface area contributed by atoms with Gasteiger partial charge in [-0.15, -0.1) is 11.6 Å². The first-order valence-electron chi connectivity index (χ1n) is 5.74. The van der Waals surface area contributed by atoms with Crippen molar-refractivity contribution in [1.29, 1.82) is 0 Å². The minimum absolute atomic E-state index is 0.0446. The second-order valence-electron chi connectivity index (χ2n) is 4.25. The van der Waals surface area contributed by atoms with Gasteiger partial charge in [0.15, 0.2) is 17.4 Å². The van der Waals surface area contributed by atoms with E-state index < -0.39 is 23.4 Å². The third-order valence-electron chi connectivity index (χ3n) is 2.92. The highest BCUT2D eigenvalue weighted by Crippen LogP contribution is 2.16. The largest absolute Gasteiger partial charge is 0.440 e. The van der Waals surface area contributed by atoms with Crippen LogP contribution < -0.4 is 11.2 Å². The van der Waals surface area contributed by atoms with E-state index in [1.807, 2.05) is 0 Å². The second-order valence-corrected chi connectivity index (χ2v) is 4.56. The van der Waals surface area contributed by atoms with Gasteiger partial charge >= 0.3 is 11.7 Å². The van der Waals surface area contributed by atoms with E-state index in [0.717, 1.165) is 4.57 Å². The minimum atomic E-state index is -0.857. The van der Waals surface area contributed by atoms with E-state index >= 15 is 0 Å². The van der Waals surface area contributed by atoms with Gasteiger partial charge in [-0.25, -0.2) is 9.78 Å². The highest BCUT2D eigenvalue weighted by molar-refractivity contribution is 6.18. The van der Waals surface area contributed by atoms with Gasteiger partial charge < -0.3 is 4.74 Å². The van der Waals surface area contributed by atoms with E-state index in [-0.39, 0.29) is 17.0 Å². The Morgan fingerprint density at radius 1 is 1.40 bits per heavy atom. The predicted molar refractivity (Wildman–Crippen MR) is 71.7 cm³/mol. The average molecular weight is 301 g/mol. The molecule has 0 spiro atoms. The Kier molecular flexibility index (Phi) is 3.67. The molecule has 0 bridgehead atoms. The highest BCUT2D eigenvalue weighted by Gasteiger charge is 2.21. The molecule has 0 aliphatic carbocycles. The van der Waals surface area contributed by atoms with Crippen molar-refractivity contribution < 1.29 is 9.53 Å². The molecule has 2 aromatic heterocycles. The number of aromatic nitrogens is 4. The summed E-state index contributed by atoms with van der Waals surface area (Å²) in [6, 6.07) is 0. The maximum absolute atomic E-state index is 12.2. The van der Waals surface area contributed by atoms with E-state index in [2.05, 4.69) is 4.98 Å². The van der Waals surface area contributed by atoms with Crippen LogP contribution >= 0.6 is 11.6 Å². The Labute approximate surface area is 118 Å². The molecule has 0 aliphatic rings. The quantitative estimate of drug-likeness (QED) is 0.575. The third kappa shape index (κ3) is 2.11. The molecule has 2 heterocycles. The number of ether oxygens (including phenoxy) is 1. The number of alkyl halides is 1. The van der Waals surface area contributed by atoms with Crippen LogP contribution in [0.15, 0.2) is 15.9 Å². The highest BCUT2D eigenvalue weighted by atomic mass is 35.5. The molecule has 0 radical (unpaired) electrons. The molecule has 0 aliphatic heterocycles. The van der Waals surface area contributed by atoms with Crippen molar-refractivity contribution in [3.05, 3.63) is 27.2 Å². The maximum Gasteiger partial charge on any atom is 0.332 e. The fourth-order valence-corrected chi connectivity index (χ4v) is 2.15. The molecule has 20 heavy (non-hydrogen) atoms. The Morgan fingerprint density at radius 2 is 2.05 bits per heavy atom. The van der Waals surface area contributed by atoms with Crippen LogP contribution in [0.2, 0.25) is 0 Å².